The van der Waals surface area contributed by atoms with Crippen LogP contribution in [0.3, 0.4) is 0 Å². The van der Waals surface area contributed by atoms with E-state index in [1.54, 1.807) is 30.7 Å². The van der Waals surface area contributed by atoms with Crippen molar-refractivity contribution >= 4 is 11.6 Å². The van der Waals surface area contributed by atoms with Gasteiger partial charge in [-0.3, -0.25) is 14.9 Å². The fourth-order valence-corrected chi connectivity index (χ4v) is 2.94. The molecule has 1 aliphatic carbocycles. The summed E-state index contributed by atoms with van der Waals surface area (Å²) in [6.45, 7) is 0. The number of H-pyrrole nitrogens is 1. The van der Waals surface area contributed by atoms with E-state index in [2.05, 4.69) is 25.5 Å². The molecule has 0 spiro atoms. The summed E-state index contributed by atoms with van der Waals surface area (Å²) in [6, 6.07) is 7.21. The number of carbonyl (C=O) groups excluding carboxylic acids is 1. The largest absolute Gasteiger partial charge is 0.438 e. The standard InChI is InChI=1S/C18H17N5O2/c24-18(12-1-2-13-10-21-23-16(13)9-12)22-14-3-5-15(6-4-14)25-17-11-19-7-8-20-17/h3-8,10-12H,1-2,9H2,(H,21,23)(H,22,24)/t12-/m0/s1. The normalized spacial score (nSPS) is 16.1. The summed E-state index contributed by atoms with van der Waals surface area (Å²) in [5.41, 5.74) is 3.03. The minimum absolute atomic E-state index is 0.0304. The summed E-state index contributed by atoms with van der Waals surface area (Å²) < 4.78 is 5.59. The lowest BCUT2D eigenvalue weighted by Gasteiger charge is -2.20. The Balaban J connectivity index is 1.37. The number of rotatable bonds is 4. The molecule has 0 saturated carbocycles. The van der Waals surface area contributed by atoms with Gasteiger partial charge in [-0.25, -0.2) is 4.98 Å². The summed E-state index contributed by atoms with van der Waals surface area (Å²) in [5.74, 6) is 1.06. The Kier molecular flexibility index (Phi) is 4.12. The predicted molar refractivity (Wildman–Crippen MR) is 91.3 cm³/mol. The van der Waals surface area contributed by atoms with Crippen LogP contribution in [0.4, 0.5) is 5.69 Å². The van der Waals surface area contributed by atoms with Crippen LogP contribution >= 0.6 is 0 Å². The van der Waals surface area contributed by atoms with Gasteiger partial charge in [0.2, 0.25) is 11.8 Å². The Labute approximate surface area is 144 Å². The van der Waals surface area contributed by atoms with Crippen molar-refractivity contribution in [3.8, 4) is 11.6 Å². The van der Waals surface area contributed by atoms with E-state index in [1.807, 2.05) is 18.3 Å². The molecule has 2 N–H and O–H groups in total. The highest BCUT2D eigenvalue weighted by Crippen LogP contribution is 2.26. The molecule has 1 amide bonds. The number of nitrogens with one attached hydrogen (secondary N) is 2. The molecule has 0 fully saturated rings. The molecule has 7 heteroatoms. The average molecular weight is 335 g/mol. The number of benzene rings is 1. The molecular weight excluding hydrogens is 318 g/mol. The number of nitrogens with zero attached hydrogens (tertiary/aromatic N) is 3. The summed E-state index contributed by atoms with van der Waals surface area (Å²) in [5, 5.41) is 9.99. The third kappa shape index (κ3) is 3.50. The lowest BCUT2D eigenvalue weighted by molar-refractivity contribution is -0.120. The zero-order valence-electron chi connectivity index (χ0n) is 13.5. The number of anilines is 1. The van der Waals surface area contributed by atoms with E-state index in [4.69, 9.17) is 4.74 Å². The molecule has 1 aliphatic rings. The molecule has 0 unspecified atom stereocenters. The number of ether oxygens (including phenoxy) is 1. The van der Waals surface area contributed by atoms with Crippen molar-refractivity contribution < 1.29 is 9.53 Å². The van der Waals surface area contributed by atoms with Crippen molar-refractivity contribution in [2.45, 2.75) is 19.3 Å². The summed E-state index contributed by atoms with van der Waals surface area (Å²) in [6.07, 6.45) is 8.97. The van der Waals surface area contributed by atoms with Crippen LogP contribution in [0.25, 0.3) is 0 Å². The van der Waals surface area contributed by atoms with Gasteiger partial charge in [-0.15, -0.1) is 0 Å². The van der Waals surface area contributed by atoms with E-state index < -0.39 is 0 Å². The van der Waals surface area contributed by atoms with E-state index in [9.17, 15) is 4.79 Å². The number of hydrogen-bond donors (Lipinski definition) is 2. The maximum atomic E-state index is 12.5. The van der Waals surface area contributed by atoms with Crippen molar-refractivity contribution in [1.29, 1.82) is 0 Å². The number of amides is 1. The Hall–Kier alpha value is -3.22. The van der Waals surface area contributed by atoms with Crippen molar-refractivity contribution in [2.75, 3.05) is 5.32 Å². The molecule has 0 bridgehead atoms. The van der Waals surface area contributed by atoms with Crippen LogP contribution in [-0.4, -0.2) is 26.1 Å². The number of carbonyl (C=O) groups is 1. The highest BCUT2D eigenvalue weighted by atomic mass is 16.5. The quantitative estimate of drug-likeness (QED) is 0.765. The van der Waals surface area contributed by atoms with Gasteiger partial charge in [0, 0.05) is 36.1 Å². The van der Waals surface area contributed by atoms with Gasteiger partial charge in [0.05, 0.1) is 12.4 Å². The van der Waals surface area contributed by atoms with Crippen molar-refractivity contribution in [3.63, 3.8) is 0 Å². The third-order valence-electron chi connectivity index (χ3n) is 4.27. The maximum Gasteiger partial charge on any atom is 0.237 e. The Bertz CT molecular complexity index is 861. The average Bonchev–Trinajstić information content (AvgIpc) is 3.12. The van der Waals surface area contributed by atoms with Crippen LogP contribution in [0.1, 0.15) is 17.7 Å². The topological polar surface area (TPSA) is 92.8 Å². The van der Waals surface area contributed by atoms with Gasteiger partial charge in [0.15, 0.2) is 0 Å². The molecule has 0 aliphatic heterocycles. The molecule has 0 radical (unpaired) electrons. The van der Waals surface area contributed by atoms with E-state index in [0.717, 1.165) is 24.2 Å². The molecule has 126 valence electrons. The van der Waals surface area contributed by atoms with Crippen LogP contribution in [0.15, 0.2) is 49.1 Å². The molecule has 0 saturated heterocycles. The summed E-state index contributed by atoms with van der Waals surface area (Å²) >= 11 is 0. The van der Waals surface area contributed by atoms with Crippen LogP contribution in [-0.2, 0) is 17.6 Å². The van der Waals surface area contributed by atoms with Crippen LogP contribution in [0, 0.1) is 5.92 Å². The highest BCUT2D eigenvalue weighted by Gasteiger charge is 2.25. The van der Waals surface area contributed by atoms with Gasteiger partial charge < -0.3 is 10.1 Å². The van der Waals surface area contributed by atoms with Gasteiger partial charge in [0.25, 0.3) is 0 Å². The molecule has 4 rings (SSSR count). The number of hydrogen-bond acceptors (Lipinski definition) is 5. The highest BCUT2D eigenvalue weighted by molar-refractivity contribution is 5.92. The second kappa shape index (κ2) is 6.72. The first-order valence-electron chi connectivity index (χ1n) is 8.14. The first-order chi connectivity index (χ1) is 12.3. The Morgan fingerprint density at radius 3 is 2.88 bits per heavy atom. The van der Waals surface area contributed by atoms with Crippen molar-refractivity contribution in [2.24, 2.45) is 5.92 Å². The van der Waals surface area contributed by atoms with Crippen LogP contribution in [0.2, 0.25) is 0 Å². The van der Waals surface area contributed by atoms with E-state index in [0.29, 0.717) is 18.1 Å². The number of aryl methyl sites for hydroxylation is 1. The van der Waals surface area contributed by atoms with E-state index in [1.165, 1.54) is 5.56 Å². The molecule has 2 aromatic heterocycles. The molecular formula is C18H17N5O2. The van der Waals surface area contributed by atoms with Gasteiger partial charge in [-0.05, 0) is 42.7 Å². The SMILES string of the molecule is O=C(Nc1ccc(Oc2cnccn2)cc1)[C@H]1CCc2cn[nH]c2C1. The molecule has 25 heavy (non-hydrogen) atoms. The fraction of sp³-hybridized carbons (Fsp3) is 0.222. The second-order valence-corrected chi connectivity index (χ2v) is 5.97. The van der Waals surface area contributed by atoms with Crippen LogP contribution < -0.4 is 10.1 Å². The minimum atomic E-state index is -0.0385. The molecule has 2 heterocycles. The summed E-state index contributed by atoms with van der Waals surface area (Å²) in [4.78, 5) is 20.5. The van der Waals surface area contributed by atoms with Crippen molar-refractivity contribution in [3.05, 3.63) is 60.3 Å². The van der Waals surface area contributed by atoms with Gasteiger partial charge >= 0.3 is 0 Å². The van der Waals surface area contributed by atoms with Gasteiger partial charge in [-0.2, -0.15) is 5.10 Å². The van der Waals surface area contributed by atoms with Crippen LogP contribution in [0.5, 0.6) is 11.6 Å². The predicted octanol–water partition coefficient (Wildman–Crippen LogP) is 2.74. The third-order valence-corrected chi connectivity index (χ3v) is 4.27. The first-order valence-corrected chi connectivity index (χ1v) is 8.14. The monoisotopic (exact) mass is 335 g/mol. The Morgan fingerprint density at radius 1 is 1.20 bits per heavy atom. The van der Waals surface area contributed by atoms with E-state index in [-0.39, 0.29) is 11.8 Å². The zero-order chi connectivity index (χ0) is 17.1. The Morgan fingerprint density at radius 2 is 2.08 bits per heavy atom. The molecule has 1 atom stereocenters. The fourth-order valence-electron chi connectivity index (χ4n) is 2.94. The van der Waals surface area contributed by atoms with Gasteiger partial charge in [0.1, 0.15) is 5.75 Å². The lowest BCUT2D eigenvalue weighted by atomic mass is 9.87. The van der Waals surface area contributed by atoms with Gasteiger partial charge in [-0.1, -0.05) is 0 Å². The molecule has 7 nitrogen and oxygen atoms in total. The lowest BCUT2D eigenvalue weighted by Crippen LogP contribution is -2.28. The number of aromatic nitrogens is 4. The zero-order valence-corrected chi connectivity index (χ0v) is 13.5. The van der Waals surface area contributed by atoms with E-state index >= 15 is 0 Å². The minimum Gasteiger partial charge on any atom is -0.438 e. The molecule has 1 aromatic carbocycles. The second-order valence-electron chi connectivity index (χ2n) is 5.97. The summed E-state index contributed by atoms with van der Waals surface area (Å²) in [7, 11) is 0. The first kappa shape index (κ1) is 15.3. The number of fused-ring (bicyclic) bond motifs is 1. The van der Waals surface area contributed by atoms with Crippen molar-refractivity contribution in [1.82, 2.24) is 20.2 Å². The maximum absolute atomic E-state index is 12.5. The smallest absolute Gasteiger partial charge is 0.237 e. The number of aromatic amines is 1. The molecule has 3 aromatic rings.